The summed E-state index contributed by atoms with van der Waals surface area (Å²) in [6.07, 6.45) is -2.10. The van der Waals surface area contributed by atoms with Crippen LogP contribution in [0.4, 0.5) is 24.6 Å². The molecule has 16 nitrogen and oxygen atoms in total. The van der Waals surface area contributed by atoms with Crippen LogP contribution in [0.5, 0.6) is 0 Å². The maximum absolute atomic E-state index is 12.3. The van der Waals surface area contributed by atoms with Crippen molar-refractivity contribution in [3.05, 3.63) is 93.9 Å². The summed E-state index contributed by atoms with van der Waals surface area (Å²) in [5.41, 5.74) is 7.27. The topological polar surface area (TPSA) is 219 Å². The second kappa shape index (κ2) is 22.7. The van der Waals surface area contributed by atoms with Gasteiger partial charge in [0.15, 0.2) is 16.3 Å². The first-order chi connectivity index (χ1) is 25.3. The number of ether oxygens (including phenoxy) is 5. The van der Waals surface area contributed by atoms with Gasteiger partial charge >= 0.3 is 30.2 Å². The molecule has 2 unspecified atom stereocenters. The lowest BCUT2D eigenvalue weighted by atomic mass is 10.2. The molecule has 292 valence electrons. The largest absolute Gasteiger partial charge is 0.465 e. The third-order valence-electron chi connectivity index (χ3n) is 6.23. The minimum absolute atomic E-state index is 0. The summed E-state index contributed by atoms with van der Waals surface area (Å²) in [5, 5.41) is 11.1. The van der Waals surface area contributed by atoms with Crippen LogP contribution in [0.3, 0.4) is 0 Å². The number of esters is 2. The highest BCUT2D eigenvalue weighted by molar-refractivity contribution is 7.14. The molecule has 5 N–H and O–H groups in total. The van der Waals surface area contributed by atoms with Gasteiger partial charge in [0.05, 0.1) is 24.6 Å². The van der Waals surface area contributed by atoms with Crippen LogP contribution in [0.15, 0.2) is 71.4 Å². The van der Waals surface area contributed by atoms with Crippen LogP contribution in [0.2, 0.25) is 0 Å². The molecule has 0 fully saturated rings. The Kier molecular flexibility index (Phi) is 18.9. The van der Waals surface area contributed by atoms with Crippen molar-refractivity contribution in [2.75, 3.05) is 23.8 Å². The molecule has 0 aliphatic heterocycles. The number of aromatic nitrogens is 2. The van der Waals surface area contributed by atoms with E-state index < -0.39 is 47.9 Å². The predicted molar refractivity (Wildman–Crippen MR) is 204 cm³/mol. The number of amides is 3. The van der Waals surface area contributed by atoms with E-state index in [1.54, 1.807) is 40.0 Å². The fourth-order valence-corrected chi connectivity index (χ4v) is 5.37. The summed E-state index contributed by atoms with van der Waals surface area (Å²) < 4.78 is 25.3. The molecule has 0 aliphatic rings. The van der Waals surface area contributed by atoms with Gasteiger partial charge < -0.3 is 34.7 Å². The zero-order valence-electron chi connectivity index (χ0n) is 30.2. The van der Waals surface area contributed by atoms with Crippen molar-refractivity contribution in [3.8, 4) is 0 Å². The zero-order chi connectivity index (χ0) is 38.8. The molecule has 54 heavy (non-hydrogen) atoms. The molecule has 2 aromatic heterocycles. The Labute approximate surface area is 326 Å². The van der Waals surface area contributed by atoms with E-state index in [0.29, 0.717) is 10.8 Å². The minimum atomic E-state index is -1.17. The number of benzene rings is 2. The van der Waals surface area contributed by atoms with Gasteiger partial charge in [-0.25, -0.2) is 33.9 Å². The molecule has 0 spiro atoms. The van der Waals surface area contributed by atoms with E-state index in [1.807, 2.05) is 60.7 Å². The third kappa shape index (κ3) is 16.2. The Morgan fingerprint density at radius 1 is 0.685 bits per heavy atom. The molecule has 4 aromatic rings. The molecular weight excluding hydrogens is 764 g/mol. The molecule has 2 atom stereocenters. The maximum Gasteiger partial charge on any atom is 0.413 e. The molecule has 19 heteroatoms. The number of rotatable bonds is 13. The molecule has 0 aliphatic carbocycles. The first-order valence-electron chi connectivity index (χ1n) is 16.2. The fourth-order valence-electron chi connectivity index (χ4n) is 3.91. The number of nitrogens with two attached hydrogens (primary N) is 1. The molecule has 2 aromatic carbocycles. The SMILES string of the molecule is CCOC(=O)C(N)c1csc(NC(=O)OCc2ccccc2)n1.CCOC(=O)C(NC(=O)OC(C)(C)C)c1csc(NC(=O)OCc2ccccc2)n1.Cl. The zero-order valence-corrected chi connectivity index (χ0v) is 32.6. The van der Waals surface area contributed by atoms with Crippen LogP contribution in [0.1, 0.15) is 69.2 Å². The van der Waals surface area contributed by atoms with Gasteiger partial charge in [0.2, 0.25) is 0 Å². The van der Waals surface area contributed by atoms with E-state index in [4.69, 9.17) is 29.4 Å². The minimum Gasteiger partial charge on any atom is -0.465 e. The van der Waals surface area contributed by atoms with Crippen molar-refractivity contribution < 1.29 is 47.7 Å². The maximum atomic E-state index is 12.3. The van der Waals surface area contributed by atoms with Gasteiger partial charge in [0, 0.05) is 10.8 Å². The summed E-state index contributed by atoms with van der Waals surface area (Å²) in [4.78, 5) is 67.9. The second-order valence-corrected chi connectivity index (χ2v) is 13.3. The van der Waals surface area contributed by atoms with Crippen LogP contribution in [-0.2, 0) is 46.5 Å². The highest BCUT2D eigenvalue weighted by Gasteiger charge is 2.29. The monoisotopic (exact) mass is 806 g/mol. The number of hydrogen-bond donors (Lipinski definition) is 4. The lowest BCUT2D eigenvalue weighted by Gasteiger charge is -2.22. The fraction of sp³-hybridized carbons (Fsp3) is 0.343. The Morgan fingerprint density at radius 2 is 1.13 bits per heavy atom. The van der Waals surface area contributed by atoms with Crippen molar-refractivity contribution in [2.24, 2.45) is 5.73 Å². The Morgan fingerprint density at radius 3 is 1.59 bits per heavy atom. The smallest absolute Gasteiger partial charge is 0.413 e. The average molecular weight is 807 g/mol. The van der Waals surface area contributed by atoms with Gasteiger partial charge in [0.1, 0.15) is 24.9 Å². The summed E-state index contributed by atoms with van der Waals surface area (Å²) >= 11 is 2.23. The Balaban J connectivity index is 0.000000379. The summed E-state index contributed by atoms with van der Waals surface area (Å²) in [6, 6.07) is 16.4. The first-order valence-corrected chi connectivity index (χ1v) is 18.0. The molecule has 0 radical (unpaired) electrons. The van der Waals surface area contributed by atoms with Crippen molar-refractivity contribution in [1.29, 1.82) is 0 Å². The summed E-state index contributed by atoms with van der Waals surface area (Å²) in [5.74, 6) is -1.25. The second-order valence-electron chi connectivity index (χ2n) is 11.6. The van der Waals surface area contributed by atoms with Crippen molar-refractivity contribution in [3.63, 3.8) is 0 Å². The van der Waals surface area contributed by atoms with E-state index in [-0.39, 0.29) is 49.7 Å². The van der Waals surface area contributed by atoms with Gasteiger partial charge in [-0.2, -0.15) is 0 Å². The standard InChI is InChI=1S/C20H25N3O6S.C15H17N3O4S.ClH/c1-5-27-16(24)15(22-19(26)29-20(2,3)4)14-12-30-17(21-14)23-18(25)28-11-13-9-7-6-8-10-13;1-2-21-13(19)12(16)11-9-23-14(17-11)18-15(20)22-8-10-6-4-3-5-7-10;/h6-10,12,15H,5,11H2,1-4H3,(H,22,26)(H,21,23,25);3-7,9,12H,2,8,16H2,1H3,(H,17,18,20);1H. The number of thiazole rings is 2. The number of nitrogens with one attached hydrogen (secondary N) is 3. The molecule has 2 heterocycles. The molecule has 0 saturated carbocycles. The van der Waals surface area contributed by atoms with Crippen molar-refractivity contribution in [1.82, 2.24) is 15.3 Å². The van der Waals surface area contributed by atoms with Crippen molar-refractivity contribution in [2.45, 2.75) is 65.5 Å². The van der Waals surface area contributed by atoms with Crippen LogP contribution in [0, 0.1) is 0 Å². The van der Waals surface area contributed by atoms with Gasteiger partial charge in [-0.1, -0.05) is 60.7 Å². The quantitative estimate of drug-likeness (QED) is 0.0799. The molecule has 4 rings (SSSR count). The van der Waals surface area contributed by atoms with E-state index in [9.17, 15) is 24.0 Å². The van der Waals surface area contributed by atoms with Crippen LogP contribution < -0.4 is 21.7 Å². The number of anilines is 2. The number of carbonyl (C=O) groups excluding carboxylic acids is 5. The summed E-state index contributed by atoms with van der Waals surface area (Å²) in [6.45, 7) is 9.11. The number of nitrogens with zero attached hydrogens (tertiary/aromatic N) is 2. The number of halogens is 1. The lowest BCUT2D eigenvalue weighted by molar-refractivity contribution is -0.146. The lowest BCUT2D eigenvalue weighted by Crippen LogP contribution is -2.39. The van der Waals surface area contributed by atoms with E-state index in [2.05, 4.69) is 25.9 Å². The van der Waals surface area contributed by atoms with Crippen molar-refractivity contribution >= 4 is 75.6 Å². The normalized spacial score (nSPS) is 11.5. The van der Waals surface area contributed by atoms with E-state index in [1.165, 1.54) is 5.38 Å². The molecule has 0 bridgehead atoms. The first kappa shape index (κ1) is 44.9. The highest BCUT2D eigenvalue weighted by Crippen LogP contribution is 2.23. The Hall–Kier alpha value is -5.30. The van der Waals surface area contributed by atoms with E-state index in [0.717, 1.165) is 33.8 Å². The highest BCUT2D eigenvalue weighted by atomic mass is 35.5. The molecule has 0 saturated heterocycles. The summed E-state index contributed by atoms with van der Waals surface area (Å²) in [7, 11) is 0. The van der Waals surface area contributed by atoms with Gasteiger partial charge in [-0.15, -0.1) is 35.1 Å². The number of carbonyl (C=O) groups is 5. The van der Waals surface area contributed by atoms with Crippen LogP contribution in [-0.4, -0.2) is 59.0 Å². The number of hydrogen-bond acceptors (Lipinski definition) is 15. The third-order valence-corrected chi connectivity index (χ3v) is 7.78. The Bertz CT molecular complexity index is 1790. The van der Waals surface area contributed by atoms with Gasteiger partial charge in [-0.3, -0.25) is 10.6 Å². The molecule has 3 amide bonds. The average Bonchev–Trinajstić information content (AvgIpc) is 3.79. The number of alkyl carbamates (subject to hydrolysis) is 1. The van der Waals surface area contributed by atoms with Gasteiger partial charge in [0.25, 0.3) is 0 Å². The molecular formula is C35H43ClN6O10S2. The predicted octanol–water partition coefficient (Wildman–Crippen LogP) is 6.90. The van der Waals surface area contributed by atoms with Gasteiger partial charge in [-0.05, 0) is 45.7 Å². The van der Waals surface area contributed by atoms with Crippen LogP contribution in [0.25, 0.3) is 0 Å². The van der Waals surface area contributed by atoms with Crippen LogP contribution >= 0.6 is 35.1 Å². The van der Waals surface area contributed by atoms with E-state index >= 15 is 0 Å².